The standard InChI is InChI=1S/C12H11N3OS2/c16-11(9-18-12-5-1-2-6-13-12)15-14-8-10-4-3-7-17-10/h1-8H,9H2,(H,15,16)/b14-8-. The van der Waals surface area contributed by atoms with Crippen LogP contribution in [-0.2, 0) is 4.79 Å². The molecule has 0 aromatic carbocycles. The van der Waals surface area contributed by atoms with Crippen molar-refractivity contribution in [2.75, 3.05) is 5.75 Å². The van der Waals surface area contributed by atoms with Crippen LogP contribution in [0.3, 0.4) is 0 Å². The number of aromatic nitrogens is 1. The molecule has 18 heavy (non-hydrogen) atoms. The van der Waals surface area contributed by atoms with Crippen LogP contribution in [-0.4, -0.2) is 22.9 Å². The summed E-state index contributed by atoms with van der Waals surface area (Å²) in [5.41, 5.74) is 2.48. The molecule has 0 bridgehead atoms. The van der Waals surface area contributed by atoms with E-state index in [9.17, 15) is 4.79 Å². The zero-order valence-electron chi connectivity index (χ0n) is 9.45. The number of carbonyl (C=O) groups is 1. The molecule has 0 aliphatic carbocycles. The van der Waals surface area contributed by atoms with Gasteiger partial charge in [0, 0.05) is 11.1 Å². The molecule has 6 heteroatoms. The minimum absolute atomic E-state index is 0.140. The highest BCUT2D eigenvalue weighted by molar-refractivity contribution is 7.99. The van der Waals surface area contributed by atoms with Crippen molar-refractivity contribution in [2.24, 2.45) is 5.10 Å². The fourth-order valence-electron chi connectivity index (χ4n) is 1.14. The first kappa shape index (κ1) is 12.8. The van der Waals surface area contributed by atoms with Gasteiger partial charge in [-0.25, -0.2) is 10.4 Å². The topological polar surface area (TPSA) is 54.4 Å². The van der Waals surface area contributed by atoms with E-state index in [0.717, 1.165) is 9.90 Å². The van der Waals surface area contributed by atoms with Gasteiger partial charge in [-0.05, 0) is 23.6 Å². The Morgan fingerprint density at radius 2 is 2.39 bits per heavy atom. The number of amides is 1. The summed E-state index contributed by atoms with van der Waals surface area (Å²) in [6.45, 7) is 0. The van der Waals surface area contributed by atoms with E-state index >= 15 is 0 Å². The summed E-state index contributed by atoms with van der Waals surface area (Å²) in [5.74, 6) is 0.164. The normalized spacial score (nSPS) is 10.7. The first-order valence-corrected chi connectivity index (χ1v) is 7.10. The van der Waals surface area contributed by atoms with Gasteiger partial charge in [-0.3, -0.25) is 4.79 Å². The Balaban J connectivity index is 1.73. The van der Waals surface area contributed by atoms with Crippen LogP contribution in [0.1, 0.15) is 4.88 Å². The lowest BCUT2D eigenvalue weighted by Gasteiger charge is -1.99. The Morgan fingerprint density at radius 1 is 1.44 bits per heavy atom. The van der Waals surface area contributed by atoms with Gasteiger partial charge in [-0.2, -0.15) is 5.10 Å². The van der Waals surface area contributed by atoms with Crippen LogP contribution in [0.2, 0.25) is 0 Å². The van der Waals surface area contributed by atoms with E-state index in [4.69, 9.17) is 0 Å². The van der Waals surface area contributed by atoms with Crippen LogP contribution in [0.15, 0.2) is 52.0 Å². The molecule has 0 radical (unpaired) electrons. The maximum absolute atomic E-state index is 11.5. The lowest BCUT2D eigenvalue weighted by atomic mass is 10.5. The van der Waals surface area contributed by atoms with Gasteiger partial charge in [0.15, 0.2) is 0 Å². The Kier molecular flexibility index (Phi) is 4.92. The summed E-state index contributed by atoms with van der Waals surface area (Å²) < 4.78 is 0. The number of thioether (sulfide) groups is 1. The van der Waals surface area contributed by atoms with Crippen LogP contribution in [0.5, 0.6) is 0 Å². The van der Waals surface area contributed by atoms with E-state index < -0.39 is 0 Å². The van der Waals surface area contributed by atoms with Gasteiger partial charge < -0.3 is 0 Å². The molecule has 2 heterocycles. The van der Waals surface area contributed by atoms with Gasteiger partial charge in [0.1, 0.15) is 0 Å². The first-order chi connectivity index (χ1) is 8.84. The van der Waals surface area contributed by atoms with E-state index in [0.29, 0.717) is 5.75 Å². The zero-order valence-corrected chi connectivity index (χ0v) is 11.1. The minimum atomic E-state index is -0.140. The number of hydrogen-bond donors (Lipinski definition) is 1. The highest BCUT2D eigenvalue weighted by Gasteiger charge is 2.01. The summed E-state index contributed by atoms with van der Waals surface area (Å²) in [4.78, 5) is 16.6. The predicted octanol–water partition coefficient (Wildman–Crippen LogP) is 2.39. The van der Waals surface area contributed by atoms with Crippen LogP contribution >= 0.6 is 23.1 Å². The predicted molar refractivity (Wildman–Crippen MR) is 75.0 cm³/mol. The van der Waals surface area contributed by atoms with Gasteiger partial charge >= 0.3 is 0 Å². The second-order valence-electron chi connectivity index (χ2n) is 3.27. The minimum Gasteiger partial charge on any atom is -0.272 e. The summed E-state index contributed by atoms with van der Waals surface area (Å²) in [6, 6.07) is 9.47. The molecule has 2 rings (SSSR count). The molecule has 0 fully saturated rings. The van der Waals surface area contributed by atoms with Gasteiger partial charge in [-0.1, -0.05) is 23.9 Å². The van der Waals surface area contributed by atoms with E-state index in [1.54, 1.807) is 23.7 Å². The molecule has 0 spiro atoms. The molecular weight excluding hydrogens is 266 g/mol. The van der Waals surface area contributed by atoms with Crippen molar-refractivity contribution in [1.29, 1.82) is 0 Å². The van der Waals surface area contributed by atoms with E-state index in [2.05, 4.69) is 15.5 Å². The molecule has 1 amide bonds. The molecule has 1 N–H and O–H groups in total. The number of pyridine rings is 1. The monoisotopic (exact) mass is 277 g/mol. The lowest BCUT2D eigenvalue weighted by Crippen LogP contribution is -2.19. The van der Waals surface area contributed by atoms with Crippen molar-refractivity contribution < 1.29 is 4.79 Å². The van der Waals surface area contributed by atoms with Crippen LogP contribution in [0, 0.1) is 0 Å². The molecule has 0 aliphatic heterocycles. The summed E-state index contributed by atoms with van der Waals surface area (Å²) in [5, 5.41) is 6.67. The molecule has 0 atom stereocenters. The summed E-state index contributed by atoms with van der Waals surface area (Å²) >= 11 is 2.95. The van der Waals surface area contributed by atoms with E-state index in [1.807, 2.05) is 35.7 Å². The molecule has 2 aromatic rings. The van der Waals surface area contributed by atoms with Crippen molar-refractivity contribution >= 4 is 35.2 Å². The Labute approximate surface area is 113 Å². The number of nitrogens with zero attached hydrogens (tertiary/aromatic N) is 2. The van der Waals surface area contributed by atoms with Crippen molar-refractivity contribution in [2.45, 2.75) is 5.03 Å². The van der Waals surface area contributed by atoms with Crippen molar-refractivity contribution in [3.05, 3.63) is 46.8 Å². The average molecular weight is 277 g/mol. The van der Waals surface area contributed by atoms with Gasteiger partial charge in [0.2, 0.25) is 5.91 Å². The summed E-state index contributed by atoms with van der Waals surface area (Å²) in [7, 11) is 0. The Morgan fingerprint density at radius 3 is 3.11 bits per heavy atom. The van der Waals surface area contributed by atoms with Crippen LogP contribution < -0.4 is 5.43 Å². The molecule has 0 aliphatic rings. The van der Waals surface area contributed by atoms with Crippen molar-refractivity contribution in [3.63, 3.8) is 0 Å². The quantitative estimate of drug-likeness (QED) is 0.518. The van der Waals surface area contributed by atoms with Gasteiger partial charge in [0.05, 0.1) is 17.0 Å². The number of hydrazone groups is 1. The summed E-state index contributed by atoms with van der Waals surface area (Å²) in [6.07, 6.45) is 3.34. The number of carbonyl (C=O) groups excluding carboxylic acids is 1. The van der Waals surface area contributed by atoms with E-state index in [-0.39, 0.29) is 5.91 Å². The van der Waals surface area contributed by atoms with E-state index in [1.165, 1.54) is 11.8 Å². The zero-order chi connectivity index (χ0) is 12.6. The SMILES string of the molecule is O=C(CSc1ccccn1)N/N=C\c1cccs1. The van der Waals surface area contributed by atoms with Crippen LogP contribution in [0.4, 0.5) is 0 Å². The second kappa shape index (κ2) is 6.93. The van der Waals surface area contributed by atoms with Gasteiger partial charge in [-0.15, -0.1) is 11.3 Å². The van der Waals surface area contributed by atoms with Crippen molar-refractivity contribution in [3.8, 4) is 0 Å². The molecule has 92 valence electrons. The third kappa shape index (κ3) is 4.31. The Hall–Kier alpha value is -1.66. The number of rotatable bonds is 5. The van der Waals surface area contributed by atoms with Gasteiger partial charge in [0.25, 0.3) is 0 Å². The van der Waals surface area contributed by atoms with Crippen molar-refractivity contribution in [1.82, 2.24) is 10.4 Å². The molecule has 0 saturated carbocycles. The molecule has 0 saturated heterocycles. The maximum Gasteiger partial charge on any atom is 0.250 e. The number of thiophene rings is 1. The molecular formula is C12H11N3OS2. The largest absolute Gasteiger partial charge is 0.272 e. The third-order valence-corrected chi connectivity index (χ3v) is 3.66. The number of hydrogen-bond acceptors (Lipinski definition) is 5. The smallest absolute Gasteiger partial charge is 0.250 e. The molecule has 4 nitrogen and oxygen atoms in total. The van der Waals surface area contributed by atoms with Crippen LogP contribution in [0.25, 0.3) is 0 Å². The average Bonchev–Trinajstić information content (AvgIpc) is 2.91. The highest BCUT2D eigenvalue weighted by atomic mass is 32.2. The fourth-order valence-corrected chi connectivity index (χ4v) is 2.38. The maximum atomic E-state index is 11.5. The second-order valence-corrected chi connectivity index (χ2v) is 5.24. The Bertz CT molecular complexity index is 511. The molecule has 2 aromatic heterocycles. The highest BCUT2D eigenvalue weighted by Crippen LogP contribution is 2.12. The molecule has 0 unspecified atom stereocenters. The lowest BCUT2D eigenvalue weighted by molar-refractivity contribution is -0.118. The fraction of sp³-hybridized carbons (Fsp3) is 0.0833. The number of nitrogens with one attached hydrogen (secondary N) is 1. The first-order valence-electron chi connectivity index (χ1n) is 5.24. The third-order valence-electron chi connectivity index (χ3n) is 1.91.